The molecule has 0 aliphatic heterocycles. The van der Waals surface area contributed by atoms with E-state index >= 15 is 0 Å². The molecule has 9 rings (SSSR count). The zero-order valence-corrected chi connectivity index (χ0v) is 27.5. The van der Waals surface area contributed by atoms with Gasteiger partial charge in [-0.25, -0.2) is 0 Å². The summed E-state index contributed by atoms with van der Waals surface area (Å²) < 4.78 is 2.44. The number of hydrogen-bond acceptors (Lipinski definition) is 0. The van der Waals surface area contributed by atoms with Crippen molar-refractivity contribution in [2.24, 2.45) is 0 Å². The molecule has 9 aromatic rings. The van der Waals surface area contributed by atoms with Gasteiger partial charge in [0.2, 0.25) is 0 Å². The molecule has 0 atom stereocenters. The standard InChI is InChI=1S/C46H33NSi/c1-4-18-35(19-5-1)48(36-20-6-2-7-21-36,37-22-8-3-9-23-37)38-24-16-17-34(33-38)39-31-32-46(41-26-11-10-25-40(39)41)47-44-29-14-12-27-42(44)43-28-13-15-30-45(43)47/h1-33H. The van der Waals surface area contributed by atoms with E-state index in [1.54, 1.807) is 0 Å². The average Bonchev–Trinajstić information content (AvgIpc) is 3.50. The van der Waals surface area contributed by atoms with Gasteiger partial charge in [0.1, 0.15) is 0 Å². The maximum atomic E-state index is 2.47. The molecule has 1 aromatic heterocycles. The highest BCUT2D eigenvalue weighted by molar-refractivity contribution is 7.19. The first-order chi connectivity index (χ1) is 23.8. The van der Waals surface area contributed by atoms with Crippen LogP contribution < -0.4 is 20.7 Å². The molecule has 0 aliphatic carbocycles. The average molecular weight is 628 g/mol. The second kappa shape index (κ2) is 11.7. The summed E-state index contributed by atoms with van der Waals surface area (Å²) in [5.41, 5.74) is 6.13. The third-order valence-corrected chi connectivity index (χ3v) is 14.7. The lowest BCUT2D eigenvalue weighted by Gasteiger charge is -2.34. The van der Waals surface area contributed by atoms with E-state index < -0.39 is 8.07 Å². The molecule has 0 amide bonds. The quantitative estimate of drug-likeness (QED) is 0.128. The van der Waals surface area contributed by atoms with E-state index in [0.29, 0.717) is 0 Å². The summed E-state index contributed by atoms with van der Waals surface area (Å²) in [6, 6.07) is 73.9. The maximum Gasteiger partial charge on any atom is 0.179 e. The van der Waals surface area contributed by atoms with Gasteiger partial charge >= 0.3 is 0 Å². The molecule has 226 valence electrons. The van der Waals surface area contributed by atoms with Gasteiger partial charge in [-0.05, 0) is 55.5 Å². The fourth-order valence-corrected chi connectivity index (χ4v) is 12.7. The predicted octanol–water partition coefficient (Wildman–Crippen LogP) is 8.98. The molecule has 0 aliphatic rings. The van der Waals surface area contributed by atoms with Crippen LogP contribution in [0.4, 0.5) is 0 Å². The third kappa shape index (κ3) is 4.38. The molecule has 0 radical (unpaired) electrons. The Morgan fingerprint density at radius 1 is 0.312 bits per heavy atom. The zero-order valence-electron chi connectivity index (χ0n) is 26.5. The van der Waals surface area contributed by atoms with Crippen molar-refractivity contribution in [3.8, 4) is 16.8 Å². The van der Waals surface area contributed by atoms with Crippen LogP contribution in [0.1, 0.15) is 0 Å². The van der Waals surface area contributed by atoms with Gasteiger partial charge in [0.25, 0.3) is 0 Å². The molecule has 2 heteroatoms. The minimum Gasteiger partial charge on any atom is -0.309 e. The lowest BCUT2D eigenvalue weighted by atomic mass is 9.97. The van der Waals surface area contributed by atoms with Crippen molar-refractivity contribution in [1.82, 2.24) is 4.57 Å². The monoisotopic (exact) mass is 627 g/mol. The van der Waals surface area contributed by atoms with Crippen molar-refractivity contribution in [3.05, 3.63) is 200 Å². The van der Waals surface area contributed by atoms with Crippen LogP contribution in [-0.4, -0.2) is 12.6 Å². The second-order valence-electron chi connectivity index (χ2n) is 12.5. The molecular formula is C46H33NSi. The van der Waals surface area contributed by atoms with Crippen molar-refractivity contribution in [1.29, 1.82) is 0 Å². The fraction of sp³-hybridized carbons (Fsp3) is 0. The van der Waals surface area contributed by atoms with Crippen molar-refractivity contribution in [3.63, 3.8) is 0 Å². The number of rotatable bonds is 6. The lowest BCUT2D eigenvalue weighted by molar-refractivity contribution is 1.20. The van der Waals surface area contributed by atoms with Crippen molar-refractivity contribution >= 4 is 61.4 Å². The van der Waals surface area contributed by atoms with Gasteiger partial charge in [-0.2, -0.15) is 0 Å². The topological polar surface area (TPSA) is 4.93 Å². The highest BCUT2D eigenvalue weighted by atomic mass is 28.3. The first kappa shape index (κ1) is 28.3. The summed E-state index contributed by atoms with van der Waals surface area (Å²) in [6.45, 7) is 0. The van der Waals surface area contributed by atoms with E-state index in [-0.39, 0.29) is 0 Å². The van der Waals surface area contributed by atoms with Crippen LogP contribution in [0.5, 0.6) is 0 Å². The molecule has 0 unspecified atom stereocenters. The molecule has 8 aromatic carbocycles. The molecule has 0 fully saturated rings. The molecule has 48 heavy (non-hydrogen) atoms. The Labute approximate surface area is 282 Å². The van der Waals surface area contributed by atoms with E-state index in [2.05, 4.69) is 205 Å². The Bertz CT molecular complexity index is 2400. The van der Waals surface area contributed by atoms with Gasteiger partial charge in [-0.3, -0.25) is 0 Å². The number of para-hydroxylation sites is 2. The summed E-state index contributed by atoms with van der Waals surface area (Å²) in [5.74, 6) is 0. The number of fused-ring (bicyclic) bond motifs is 4. The predicted molar refractivity (Wildman–Crippen MR) is 207 cm³/mol. The number of benzene rings is 8. The van der Waals surface area contributed by atoms with Crippen molar-refractivity contribution < 1.29 is 0 Å². The highest BCUT2D eigenvalue weighted by Gasteiger charge is 2.41. The van der Waals surface area contributed by atoms with Gasteiger partial charge in [-0.15, -0.1) is 0 Å². The van der Waals surface area contributed by atoms with E-state index in [1.165, 1.54) is 70.1 Å². The summed E-state index contributed by atoms with van der Waals surface area (Å²) in [7, 11) is -2.65. The normalized spacial score (nSPS) is 11.8. The molecule has 0 saturated carbocycles. The van der Waals surface area contributed by atoms with Crippen LogP contribution in [0.15, 0.2) is 200 Å². The maximum absolute atomic E-state index is 2.65. The number of hydrogen-bond donors (Lipinski definition) is 0. The Morgan fingerprint density at radius 3 is 1.29 bits per heavy atom. The Balaban J connectivity index is 1.30. The minimum absolute atomic E-state index is 1.20. The lowest BCUT2D eigenvalue weighted by Crippen LogP contribution is -2.74. The summed E-state index contributed by atoms with van der Waals surface area (Å²) in [4.78, 5) is 0. The van der Waals surface area contributed by atoms with E-state index in [0.717, 1.165) is 0 Å². The largest absolute Gasteiger partial charge is 0.309 e. The molecule has 1 nitrogen and oxygen atoms in total. The van der Waals surface area contributed by atoms with Gasteiger partial charge in [-0.1, -0.05) is 182 Å². The van der Waals surface area contributed by atoms with E-state index in [9.17, 15) is 0 Å². The number of aromatic nitrogens is 1. The molecule has 0 saturated heterocycles. The van der Waals surface area contributed by atoms with E-state index in [4.69, 9.17) is 0 Å². The summed E-state index contributed by atoms with van der Waals surface area (Å²) >= 11 is 0. The molecule has 0 N–H and O–H groups in total. The van der Waals surface area contributed by atoms with Crippen LogP contribution in [0.2, 0.25) is 0 Å². The van der Waals surface area contributed by atoms with Crippen LogP contribution in [-0.2, 0) is 0 Å². The first-order valence-corrected chi connectivity index (χ1v) is 18.6. The fourth-order valence-electron chi connectivity index (χ4n) is 7.90. The van der Waals surface area contributed by atoms with Gasteiger partial charge in [0, 0.05) is 16.2 Å². The van der Waals surface area contributed by atoms with Crippen LogP contribution >= 0.6 is 0 Å². The molecule has 0 spiro atoms. The SMILES string of the molecule is c1ccc([Si](c2ccccc2)(c2ccccc2)c2cccc(-c3ccc(-n4c5ccccc5c5ccccc54)c4ccccc34)c2)cc1. The number of nitrogens with zero attached hydrogens (tertiary/aromatic N) is 1. The van der Waals surface area contributed by atoms with Crippen LogP contribution in [0.25, 0.3) is 49.4 Å². The Morgan fingerprint density at radius 2 is 0.750 bits per heavy atom. The third-order valence-electron chi connectivity index (χ3n) is 9.95. The van der Waals surface area contributed by atoms with Gasteiger partial charge < -0.3 is 4.57 Å². The Kier molecular flexibility index (Phi) is 6.88. The summed E-state index contributed by atoms with van der Waals surface area (Å²) in [5, 5.41) is 10.6. The van der Waals surface area contributed by atoms with E-state index in [1.807, 2.05) is 0 Å². The zero-order chi connectivity index (χ0) is 31.9. The molecule has 1 heterocycles. The highest BCUT2D eigenvalue weighted by Crippen LogP contribution is 2.37. The second-order valence-corrected chi connectivity index (χ2v) is 16.3. The molecule has 0 bridgehead atoms. The van der Waals surface area contributed by atoms with Crippen molar-refractivity contribution in [2.45, 2.75) is 0 Å². The Hall–Kier alpha value is -5.96. The minimum atomic E-state index is -2.65. The smallest absolute Gasteiger partial charge is 0.179 e. The molecular weight excluding hydrogens is 595 g/mol. The van der Waals surface area contributed by atoms with Crippen molar-refractivity contribution in [2.75, 3.05) is 0 Å². The summed E-state index contributed by atoms with van der Waals surface area (Å²) in [6.07, 6.45) is 0. The van der Waals surface area contributed by atoms with Crippen LogP contribution in [0, 0.1) is 0 Å². The first-order valence-electron chi connectivity index (χ1n) is 16.6. The van der Waals surface area contributed by atoms with Gasteiger partial charge in [0.15, 0.2) is 8.07 Å². The van der Waals surface area contributed by atoms with Crippen LogP contribution in [0.3, 0.4) is 0 Å². The van der Waals surface area contributed by atoms with Gasteiger partial charge in [0.05, 0.1) is 16.7 Å².